The maximum absolute atomic E-state index is 8.68. The lowest BCUT2D eigenvalue weighted by atomic mass is 10.2. The molecule has 0 radical (unpaired) electrons. The van der Waals surface area contributed by atoms with Gasteiger partial charge in [-0.15, -0.1) is 0 Å². The third-order valence-corrected chi connectivity index (χ3v) is 2.31. The standard InChI is InChI=1S/C5H12NOP/c7-4-5-2-1-3-6(5)8/h5,7H,1-4,8H2/t5-/m0/s1. The fourth-order valence-corrected chi connectivity index (χ4v) is 1.48. The first-order chi connectivity index (χ1) is 3.84. The van der Waals surface area contributed by atoms with Crippen LogP contribution in [-0.4, -0.2) is 29.0 Å². The van der Waals surface area contributed by atoms with Gasteiger partial charge in [0, 0.05) is 12.6 Å². The van der Waals surface area contributed by atoms with Crippen molar-refractivity contribution in [3.8, 4) is 0 Å². The monoisotopic (exact) mass is 133 g/mol. The van der Waals surface area contributed by atoms with Crippen molar-refractivity contribution in [2.24, 2.45) is 0 Å². The van der Waals surface area contributed by atoms with Crippen molar-refractivity contribution >= 4 is 9.39 Å². The Morgan fingerprint density at radius 2 is 2.50 bits per heavy atom. The molecule has 0 aromatic carbocycles. The van der Waals surface area contributed by atoms with E-state index >= 15 is 0 Å². The minimum Gasteiger partial charge on any atom is -0.395 e. The maximum Gasteiger partial charge on any atom is 0.0589 e. The lowest BCUT2D eigenvalue weighted by Crippen LogP contribution is -2.22. The van der Waals surface area contributed by atoms with Crippen LogP contribution in [0.3, 0.4) is 0 Å². The van der Waals surface area contributed by atoms with E-state index in [1.807, 2.05) is 0 Å². The molecule has 1 rings (SSSR count). The quantitative estimate of drug-likeness (QED) is 0.518. The maximum atomic E-state index is 8.68. The predicted molar refractivity (Wildman–Crippen MR) is 36.5 cm³/mol. The molecule has 2 atom stereocenters. The molecule has 3 heteroatoms. The fourth-order valence-electron chi connectivity index (χ4n) is 1.05. The van der Waals surface area contributed by atoms with Gasteiger partial charge in [0.2, 0.25) is 0 Å². The molecular formula is C5H12NOP. The van der Waals surface area contributed by atoms with Crippen LogP contribution in [0.5, 0.6) is 0 Å². The summed E-state index contributed by atoms with van der Waals surface area (Å²) in [5.74, 6) is 0. The van der Waals surface area contributed by atoms with Gasteiger partial charge in [0.25, 0.3) is 0 Å². The molecular weight excluding hydrogens is 121 g/mol. The van der Waals surface area contributed by atoms with E-state index in [9.17, 15) is 0 Å². The van der Waals surface area contributed by atoms with E-state index in [0.717, 1.165) is 13.0 Å². The summed E-state index contributed by atoms with van der Waals surface area (Å²) in [6.07, 6.45) is 2.38. The molecule has 0 aromatic heterocycles. The minimum atomic E-state index is 0.309. The van der Waals surface area contributed by atoms with Gasteiger partial charge in [0.1, 0.15) is 0 Å². The van der Waals surface area contributed by atoms with Crippen molar-refractivity contribution in [2.45, 2.75) is 18.9 Å². The lowest BCUT2D eigenvalue weighted by Gasteiger charge is -2.14. The highest BCUT2D eigenvalue weighted by Crippen LogP contribution is 2.19. The highest BCUT2D eigenvalue weighted by Gasteiger charge is 2.18. The number of hydrogen-bond acceptors (Lipinski definition) is 2. The molecule has 1 N–H and O–H groups in total. The van der Waals surface area contributed by atoms with Crippen molar-refractivity contribution in [3.05, 3.63) is 0 Å². The van der Waals surface area contributed by atoms with Crippen molar-refractivity contribution in [3.63, 3.8) is 0 Å². The molecule has 0 aliphatic carbocycles. The fraction of sp³-hybridized carbons (Fsp3) is 1.00. The van der Waals surface area contributed by atoms with Crippen molar-refractivity contribution in [1.29, 1.82) is 0 Å². The Morgan fingerprint density at radius 1 is 1.75 bits per heavy atom. The molecule has 0 amide bonds. The van der Waals surface area contributed by atoms with Gasteiger partial charge in [-0.2, -0.15) is 0 Å². The summed E-state index contributed by atoms with van der Waals surface area (Å²) < 4.78 is 2.12. The van der Waals surface area contributed by atoms with Gasteiger partial charge in [-0.1, -0.05) is 9.39 Å². The van der Waals surface area contributed by atoms with Gasteiger partial charge in [0.15, 0.2) is 0 Å². The Kier molecular flexibility index (Phi) is 2.24. The van der Waals surface area contributed by atoms with Gasteiger partial charge >= 0.3 is 0 Å². The van der Waals surface area contributed by atoms with Crippen LogP contribution in [0.1, 0.15) is 12.8 Å². The summed E-state index contributed by atoms with van der Waals surface area (Å²) in [5.41, 5.74) is 0. The van der Waals surface area contributed by atoms with Crippen molar-refractivity contribution < 1.29 is 5.11 Å². The smallest absolute Gasteiger partial charge is 0.0589 e. The minimum absolute atomic E-state index is 0.309. The summed E-state index contributed by atoms with van der Waals surface area (Å²) in [7, 11) is 2.63. The summed E-state index contributed by atoms with van der Waals surface area (Å²) in [6, 6.07) is 0.417. The van der Waals surface area contributed by atoms with E-state index in [4.69, 9.17) is 5.11 Å². The molecule has 2 nitrogen and oxygen atoms in total. The highest BCUT2D eigenvalue weighted by atomic mass is 31.0. The van der Waals surface area contributed by atoms with Crippen molar-refractivity contribution in [1.82, 2.24) is 4.67 Å². The molecule has 1 unspecified atom stereocenters. The number of hydrogen-bond donors (Lipinski definition) is 1. The Bertz CT molecular complexity index is 78.8. The Labute approximate surface area is 52.1 Å². The molecule has 1 fully saturated rings. The van der Waals surface area contributed by atoms with E-state index in [1.54, 1.807) is 0 Å². The Hall–Kier alpha value is 0.350. The van der Waals surface area contributed by atoms with E-state index in [0.29, 0.717) is 12.6 Å². The van der Waals surface area contributed by atoms with Crippen LogP contribution in [0, 0.1) is 0 Å². The molecule has 0 aromatic rings. The van der Waals surface area contributed by atoms with Gasteiger partial charge < -0.3 is 5.11 Å². The molecule has 1 aliphatic heterocycles. The topological polar surface area (TPSA) is 23.5 Å². The van der Waals surface area contributed by atoms with Crippen LogP contribution >= 0.6 is 9.39 Å². The zero-order chi connectivity index (χ0) is 5.98. The van der Waals surface area contributed by atoms with E-state index in [2.05, 4.69) is 14.1 Å². The average molecular weight is 133 g/mol. The average Bonchev–Trinajstić information content (AvgIpc) is 2.14. The normalized spacial score (nSPS) is 31.5. The molecule has 48 valence electrons. The summed E-state index contributed by atoms with van der Waals surface area (Å²) in [6.45, 7) is 1.43. The second-order valence-electron chi connectivity index (χ2n) is 2.22. The number of aliphatic hydroxyl groups excluding tert-OH is 1. The molecule has 1 aliphatic rings. The summed E-state index contributed by atoms with van der Waals surface area (Å²) in [5, 5.41) is 8.68. The SMILES string of the molecule is OC[C@@H]1CCCN1P. The van der Waals surface area contributed by atoms with Crippen LogP contribution < -0.4 is 0 Å². The first-order valence-corrected chi connectivity index (χ1v) is 3.48. The van der Waals surface area contributed by atoms with Crippen LogP contribution in [-0.2, 0) is 0 Å². The molecule has 0 saturated carbocycles. The summed E-state index contributed by atoms with van der Waals surface area (Å²) in [4.78, 5) is 0. The van der Waals surface area contributed by atoms with E-state index < -0.39 is 0 Å². The number of rotatable bonds is 1. The zero-order valence-electron chi connectivity index (χ0n) is 4.88. The first kappa shape index (κ1) is 6.47. The largest absolute Gasteiger partial charge is 0.395 e. The van der Waals surface area contributed by atoms with Gasteiger partial charge in [-0.25, -0.2) is 0 Å². The van der Waals surface area contributed by atoms with E-state index in [-0.39, 0.29) is 0 Å². The second kappa shape index (κ2) is 2.77. The highest BCUT2D eigenvalue weighted by molar-refractivity contribution is 7.13. The third kappa shape index (κ3) is 1.19. The Morgan fingerprint density at radius 3 is 2.75 bits per heavy atom. The zero-order valence-corrected chi connectivity index (χ0v) is 6.03. The van der Waals surface area contributed by atoms with Crippen LogP contribution in [0.4, 0.5) is 0 Å². The molecule has 1 saturated heterocycles. The molecule has 0 spiro atoms. The molecule has 0 bridgehead atoms. The van der Waals surface area contributed by atoms with Crippen LogP contribution in [0.15, 0.2) is 0 Å². The molecule has 8 heavy (non-hydrogen) atoms. The summed E-state index contributed by atoms with van der Waals surface area (Å²) >= 11 is 0. The number of nitrogens with zero attached hydrogens (tertiary/aromatic N) is 1. The third-order valence-electron chi connectivity index (χ3n) is 1.63. The predicted octanol–water partition coefficient (Wildman–Crippen LogP) is 0.233. The van der Waals surface area contributed by atoms with Gasteiger partial charge in [-0.3, -0.25) is 4.67 Å². The lowest BCUT2D eigenvalue weighted by molar-refractivity contribution is 0.220. The first-order valence-electron chi connectivity index (χ1n) is 2.97. The second-order valence-corrected chi connectivity index (χ2v) is 2.88. The van der Waals surface area contributed by atoms with Crippen molar-refractivity contribution in [2.75, 3.05) is 13.2 Å². The van der Waals surface area contributed by atoms with E-state index in [1.165, 1.54) is 6.42 Å². The van der Waals surface area contributed by atoms with Gasteiger partial charge in [-0.05, 0) is 12.8 Å². The van der Waals surface area contributed by atoms with Crippen LogP contribution in [0.25, 0.3) is 0 Å². The number of aliphatic hydroxyl groups is 1. The van der Waals surface area contributed by atoms with Crippen LogP contribution in [0.2, 0.25) is 0 Å². The molecule has 1 heterocycles. The Balaban J connectivity index is 2.30. The van der Waals surface area contributed by atoms with Gasteiger partial charge in [0.05, 0.1) is 6.61 Å².